The number of halogens is 1. The summed E-state index contributed by atoms with van der Waals surface area (Å²) in [6.07, 6.45) is 0.794. The van der Waals surface area contributed by atoms with Crippen LogP contribution in [0.25, 0.3) is 5.69 Å². The Morgan fingerprint density at radius 2 is 1.86 bits per heavy atom. The first-order valence-electron chi connectivity index (χ1n) is 12.7. The lowest BCUT2D eigenvalue weighted by molar-refractivity contribution is -0.123. The molecule has 37 heavy (non-hydrogen) atoms. The van der Waals surface area contributed by atoms with E-state index in [9.17, 15) is 14.0 Å². The summed E-state index contributed by atoms with van der Waals surface area (Å²) in [5.41, 5.74) is 4.11. The molecule has 1 N–H and O–H groups in total. The van der Waals surface area contributed by atoms with Gasteiger partial charge in [0.05, 0.1) is 22.4 Å². The fourth-order valence-electron chi connectivity index (χ4n) is 4.51. The topological polar surface area (TPSA) is 67.2 Å². The number of hydrogen-bond donors (Lipinski definition) is 1. The van der Waals surface area contributed by atoms with E-state index in [4.69, 9.17) is 5.10 Å². The number of amides is 2. The molecule has 2 heterocycles. The molecule has 0 fully saturated rings. The van der Waals surface area contributed by atoms with Gasteiger partial charge < -0.3 is 5.32 Å². The number of para-hydroxylation sites is 1. The van der Waals surface area contributed by atoms with Crippen molar-refractivity contribution >= 4 is 29.4 Å². The minimum absolute atomic E-state index is 0.00167. The summed E-state index contributed by atoms with van der Waals surface area (Å²) in [5.74, 6) is 0.0978. The largest absolute Gasteiger partial charge is 0.352 e. The summed E-state index contributed by atoms with van der Waals surface area (Å²) in [6, 6.07) is 14.3. The van der Waals surface area contributed by atoms with Crippen molar-refractivity contribution in [2.24, 2.45) is 0 Å². The molecule has 6 nitrogen and oxygen atoms in total. The van der Waals surface area contributed by atoms with Crippen molar-refractivity contribution in [2.75, 3.05) is 17.2 Å². The molecule has 0 radical (unpaired) electrons. The SMILES string of the molecule is CC[C@@H](C)NC(=O)CN1C(=O)CS[C@@H](c2ccc(F)cc2)c2c(C(C)(C)C)nn(-c3ccccc3C)c21. The molecule has 0 saturated carbocycles. The Kier molecular flexibility index (Phi) is 7.78. The molecule has 1 aliphatic heterocycles. The maximum atomic E-state index is 13.8. The molecule has 8 heteroatoms. The molecular weight excluding hydrogens is 487 g/mol. The standard InChI is InChI=1S/C29H35FN4O2S/c1-7-19(3)31-23(35)16-33-24(36)17-37-26(20-12-14-21(30)15-13-20)25-27(29(4,5)6)32-34(28(25)33)22-11-9-8-10-18(22)2/h8-15,19,26H,7,16-17H2,1-6H3,(H,31,35)/t19-,26+/m1/s1. The Balaban J connectivity index is 1.99. The molecule has 196 valence electrons. The van der Waals surface area contributed by atoms with Crippen molar-refractivity contribution in [2.45, 2.75) is 64.7 Å². The number of aromatic nitrogens is 2. The lowest BCUT2D eigenvalue weighted by atomic mass is 9.87. The van der Waals surface area contributed by atoms with E-state index < -0.39 is 0 Å². The molecule has 3 aromatic rings. The predicted molar refractivity (Wildman–Crippen MR) is 148 cm³/mol. The number of aryl methyl sites for hydroxylation is 1. The molecular formula is C29H35FN4O2S. The molecule has 0 aliphatic carbocycles. The maximum absolute atomic E-state index is 13.8. The van der Waals surface area contributed by atoms with E-state index in [2.05, 4.69) is 26.1 Å². The summed E-state index contributed by atoms with van der Waals surface area (Å²) in [6.45, 7) is 12.1. The number of fused-ring (bicyclic) bond motifs is 1. The van der Waals surface area contributed by atoms with Crippen LogP contribution >= 0.6 is 11.8 Å². The van der Waals surface area contributed by atoms with Gasteiger partial charge in [0.2, 0.25) is 11.8 Å². The first-order valence-corrected chi connectivity index (χ1v) is 13.7. The predicted octanol–water partition coefficient (Wildman–Crippen LogP) is 5.70. The second-order valence-electron chi connectivity index (χ2n) is 10.6. The number of nitrogens with zero attached hydrogens (tertiary/aromatic N) is 3. The first-order chi connectivity index (χ1) is 17.5. The minimum atomic E-state index is -0.352. The monoisotopic (exact) mass is 522 g/mol. The Hall–Kier alpha value is -3.13. The molecule has 2 aromatic carbocycles. The molecule has 2 atom stereocenters. The number of anilines is 1. The van der Waals surface area contributed by atoms with Crippen LogP contribution in [0.3, 0.4) is 0 Å². The molecule has 1 aliphatic rings. The van der Waals surface area contributed by atoms with Crippen molar-refractivity contribution in [1.29, 1.82) is 0 Å². The van der Waals surface area contributed by atoms with Crippen molar-refractivity contribution < 1.29 is 14.0 Å². The zero-order valence-corrected chi connectivity index (χ0v) is 23.2. The summed E-state index contributed by atoms with van der Waals surface area (Å²) >= 11 is 1.49. The van der Waals surface area contributed by atoms with Gasteiger partial charge in [0.15, 0.2) is 0 Å². The molecule has 0 bridgehead atoms. The first kappa shape index (κ1) is 26.9. The van der Waals surface area contributed by atoms with E-state index in [0.29, 0.717) is 5.82 Å². The Morgan fingerprint density at radius 3 is 2.49 bits per heavy atom. The van der Waals surface area contributed by atoms with Crippen LogP contribution < -0.4 is 10.2 Å². The van der Waals surface area contributed by atoms with Crippen LogP contribution in [0.1, 0.15) is 68.7 Å². The van der Waals surface area contributed by atoms with Crippen LogP contribution in [0, 0.1) is 12.7 Å². The molecule has 4 rings (SSSR count). The molecule has 0 unspecified atom stereocenters. The number of rotatable bonds is 6. The van der Waals surface area contributed by atoms with Gasteiger partial charge in [-0.2, -0.15) is 5.10 Å². The highest BCUT2D eigenvalue weighted by atomic mass is 32.2. The lowest BCUT2D eigenvalue weighted by Gasteiger charge is -2.25. The third-order valence-electron chi connectivity index (χ3n) is 6.64. The minimum Gasteiger partial charge on any atom is -0.352 e. The second kappa shape index (κ2) is 10.7. The maximum Gasteiger partial charge on any atom is 0.240 e. The molecule has 0 saturated heterocycles. The van der Waals surface area contributed by atoms with E-state index in [1.165, 1.54) is 23.9 Å². The van der Waals surface area contributed by atoms with Crippen LogP contribution in [-0.2, 0) is 15.0 Å². The Morgan fingerprint density at radius 1 is 1.19 bits per heavy atom. The third-order valence-corrected chi connectivity index (χ3v) is 7.89. The van der Waals surface area contributed by atoms with Gasteiger partial charge in [-0.05, 0) is 49.6 Å². The van der Waals surface area contributed by atoms with Gasteiger partial charge >= 0.3 is 0 Å². The number of carbonyl (C=O) groups is 2. The van der Waals surface area contributed by atoms with Gasteiger partial charge in [0, 0.05) is 17.0 Å². The average Bonchev–Trinajstić information content (AvgIpc) is 3.18. The molecule has 1 aromatic heterocycles. The quantitative estimate of drug-likeness (QED) is 0.451. The highest BCUT2D eigenvalue weighted by Gasteiger charge is 2.40. The summed E-state index contributed by atoms with van der Waals surface area (Å²) in [5, 5.41) is 7.84. The van der Waals surface area contributed by atoms with Crippen molar-refractivity contribution in [3.63, 3.8) is 0 Å². The Labute approximate surface area is 222 Å². The Bertz CT molecular complexity index is 1300. The second-order valence-corrected chi connectivity index (χ2v) is 11.7. The van der Waals surface area contributed by atoms with E-state index >= 15 is 0 Å². The van der Waals surface area contributed by atoms with Gasteiger partial charge in [0.25, 0.3) is 0 Å². The van der Waals surface area contributed by atoms with Crippen molar-refractivity contribution in [3.05, 3.63) is 76.7 Å². The number of benzene rings is 2. The number of carbonyl (C=O) groups excluding carboxylic acids is 2. The number of hydrogen-bond acceptors (Lipinski definition) is 4. The zero-order chi connectivity index (χ0) is 26.9. The normalized spacial score (nSPS) is 16.8. The number of thioether (sulfide) groups is 1. The third kappa shape index (κ3) is 5.59. The van der Waals surface area contributed by atoms with Crippen LogP contribution in [0.5, 0.6) is 0 Å². The summed E-state index contributed by atoms with van der Waals surface area (Å²) < 4.78 is 15.7. The van der Waals surface area contributed by atoms with Crippen molar-refractivity contribution in [3.8, 4) is 5.69 Å². The summed E-state index contributed by atoms with van der Waals surface area (Å²) in [7, 11) is 0. The fourth-order valence-corrected chi connectivity index (χ4v) is 5.71. The molecule has 2 amide bonds. The van der Waals surface area contributed by atoms with E-state index in [-0.39, 0.29) is 46.6 Å². The van der Waals surface area contributed by atoms with Crippen LogP contribution in [-0.4, -0.2) is 39.9 Å². The van der Waals surface area contributed by atoms with Gasteiger partial charge in [-0.3, -0.25) is 14.5 Å². The average molecular weight is 523 g/mol. The molecule has 0 spiro atoms. The van der Waals surface area contributed by atoms with E-state index in [0.717, 1.165) is 34.5 Å². The summed E-state index contributed by atoms with van der Waals surface area (Å²) in [4.78, 5) is 28.3. The van der Waals surface area contributed by atoms with Crippen molar-refractivity contribution in [1.82, 2.24) is 15.1 Å². The van der Waals surface area contributed by atoms with Crippen LogP contribution in [0.15, 0.2) is 48.5 Å². The lowest BCUT2D eigenvalue weighted by Crippen LogP contribution is -2.44. The van der Waals surface area contributed by atoms with Gasteiger partial charge in [-0.25, -0.2) is 9.07 Å². The highest BCUT2D eigenvalue weighted by molar-refractivity contribution is 8.00. The van der Waals surface area contributed by atoms with Crippen LogP contribution in [0.2, 0.25) is 0 Å². The van der Waals surface area contributed by atoms with Gasteiger partial charge in [-0.1, -0.05) is 58.0 Å². The smallest absolute Gasteiger partial charge is 0.240 e. The number of nitrogens with one attached hydrogen (secondary N) is 1. The van der Waals surface area contributed by atoms with E-state index in [1.807, 2.05) is 49.7 Å². The highest BCUT2D eigenvalue weighted by Crippen LogP contribution is 2.48. The zero-order valence-electron chi connectivity index (χ0n) is 22.3. The van der Waals surface area contributed by atoms with Gasteiger partial charge in [-0.15, -0.1) is 11.8 Å². The van der Waals surface area contributed by atoms with Crippen LogP contribution in [0.4, 0.5) is 10.2 Å². The van der Waals surface area contributed by atoms with Gasteiger partial charge in [0.1, 0.15) is 18.2 Å². The fraction of sp³-hybridized carbons (Fsp3) is 0.414. The van der Waals surface area contributed by atoms with E-state index in [1.54, 1.807) is 17.0 Å².